The van der Waals surface area contributed by atoms with E-state index in [1.54, 1.807) is 0 Å². The van der Waals surface area contributed by atoms with Crippen LogP contribution in [-0.4, -0.2) is 8.07 Å². The Morgan fingerprint density at radius 2 is 1.50 bits per heavy atom. The van der Waals surface area contributed by atoms with Gasteiger partial charge >= 0.3 is 0 Å². The molecule has 1 N–H and O–H groups in total. The number of hydrogen-bond donors (Lipinski definition) is 1. The first-order valence-corrected chi connectivity index (χ1v) is 10.8. The molecule has 0 aliphatic rings. The number of nitrogens with one attached hydrogen (secondary N) is 1. The van der Waals surface area contributed by atoms with E-state index in [1.165, 1.54) is 27.6 Å². The number of benzene rings is 2. The second kappa shape index (κ2) is 5.84. The van der Waals surface area contributed by atoms with Crippen molar-refractivity contribution in [1.82, 2.24) is 0 Å². The van der Waals surface area contributed by atoms with Crippen LogP contribution in [0.15, 0.2) is 42.5 Å². The van der Waals surface area contributed by atoms with E-state index >= 15 is 0 Å². The monoisotopic (exact) mass is 283 g/mol. The van der Waals surface area contributed by atoms with E-state index in [0.29, 0.717) is 0 Å². The van der Waals surface area contributed by atoms with Crippen molar-refractivity contribution >= 4 is 18.9 Å². The third-order valence-electron chi connectivity index (χ3n) is 3.82. The maximum Gasteiger partial charge on any atom is 0.0775 e. The van der Waals surface area contributed by atoms with Gasteiger partial charge in [0.2, 0.25) is 0 Å². The third-order valence-corrected chi connectivity index (χ3v) is 5.89. The second-order valence-electron chi connectivity index (χ2n) is 6.60. The molecule has 2 rings (SSSR count). The predicted octanol–water partition coefficient (Wildman–Crippen LogP) is 4.46. The van der Waals surface area contributed by atoms with E-state index in [2.05, 4.69) is 81.3 Å². The fraction of sp³-hybridized carbons (Fsp3) is 0.333. The highest BCUT2D eigenvalue weighted by Gasteiger charge is 2.15. The van der Waals surface area contributed by atoms with Crippen LogP contribution in [0.25, 0.3) is 0 Å². The number of rotatable bonds is 4. The Labute approximate surface area is 124 Å². The minimum Gasteiger partial charge on any atom is -0.381 e. The molecule has 0 fully saturated rings. The minimum atomic E-state index is -1.18. The van der Waals surface area contributed by atoms with Crippen LogP contribution in [0.2, 0.25) is 19.6 Å². The van der Waals surface area contributed by atoms with Crippen LogP contribution in [0, 0.1) is 13.8 Å². The molecule has 0 spiro atoms. The summed E-state index contributed by atoms with van der Waals surface area (Å²) >= 11 is 0. The lowest BCUT2D eigenvalue weighted by atomic mass is 10.1. The largest absolute Gasteiger partial charge is 0.381 e. The molecule has 2 aromatic rings. The summed E-state index contributed by atoms with van der Waals surface area (Å²) in [5.74, 6) is 0. The molecule has 0 atom stereocenters. The number of aryl methyl sites for hydroxylation is 2. The topological polar surface area (TPSA) is 12.0 Å². The first-order valence-electron chi connectivity index (χ1n) is 7.27. The van der Waals surface area contributed by atoms with Crippen LogP contribution in [0.5, 0.6) is 0 Å². The molecule has 2 heteroatoms. The van der Waals surface area contributed by atoms with Crippen molar-refractivity contribution < 1.29 is 0 Å². The molecule has 106 valence electrons. The highest BCUT2D eigenvalue weighted by molar-refractivity contribution is 6.88. The normalized spacial score (nSPS) is 11.4. The van der Waals surface area contributed by atoms with E-state index in [-0.39, 0.29) is 0 Å². The molecular formula is C18H25NSi. The second-order valence-corrected chi connectivity index (χ2v) is 11.7. The summed E-state index contributed by atoms with van der Waals surface area (Å²) in [5.41, 5.74) is 5.21. The number of anilines is 1. The maximum absolute atomic E-state index is 3.50. The summed E-state index contributed by atoms with van der Waals surface area (Å²) in [5, 5.41) is 5.02. The van der Waals surface area contributed by atoms with Crippen molar-refractivity contribution in [2.75, 3.05) is 5.32 Å². The van der Waals surface area contributed by atoms with E-state index in [4.69, 9.17) is 0 Å². The lowest BCUT2D eigenvalue weighted by molar-refractivity contribution is 1.15. The van der Waals surface area contributed by atoms with Gasteiger partial charge in [-0.15, -0.1) is 0 Å². The Morgan fingerprint density at radius 1 is 0.850 bits per heavy atom. The average Bonchev–Trinajstić information content (AvgIpc) is 2.40. The molecule has 0 aromatic heterocycles. The predicted molar refractivity (Wildman–Crippen MR) is 92.7 cm³/mol. The van der Waals surface area contributed by atoms with Gasteiger partial charge in [0.1, 0.15) is 0 Å². The van der Waals surface area contributed by atoms with Gasteiger partial charge in [0.25, 0.3) is 0 Å². The van der Waals surface area contributed by atoms with Gasteiger partial charge in [-0.05, 0) is 42.7 Å². The van der Waals surface area contributed by atoms with Gasteiger partial charge < -0.3 is 5.32 Å². The highest BCUT2D eigenvalue weighted by atomic mass is 28.3. The molecule has 1 nitrogen and oxygen atoms in total. The van der Waals surface area contributed by atoms with Crippen molar-refractivity contribution in [1.29, 1.82) is 0 Å². The van der Waals surface area contributed by atoms with Crippen LogP contribution in [0.4, 0.5) is 5.69 Å². The Kier molecular flexibility index (Phi) is 4.34. The van der Waals surface area contributed by atoms with Gasteiger partial charge in [-0.25, -0.2) is 0 Å². The Morgan fingerprint density at radius 3 is 2.05 bits per heavy atom. The van der Waals surface area contributed by atoms with Crippen LogP contribution in [0.1, 0.15) is 16.7 Å². The molecule has 0 aliphatic carbocycles. The average molecular weight is 283 g/mol. The fourth-order valence-electron chi connectivity index (χ4n) is 2.18. The lowest BCUT2D eigenvalue weighted by Gasteiger charge is -2.17. The van der Waals surface area contributed by atoms with Crippen molar-refractivity contribution in [3.8, 4) is 0 Å². The fourth-order valence-corrected chi connectivity index (χ4v) is 3.34. The van der Waals surface area contributed by atoms with Crippen molar-refractivity contribution in [2.45, 2.75) is 40.0 Å². The smallest absolute Gasteiger partial charge is 0.0775 e. The van der Waals surface area contributed by atoms with E-state index in [0.717, 1.165) is 6.54 Å². The molecule has 0 unspecified atom stereocenters. The van der Waals surface area contributed by atoms with E-state index < -0.39 is 8.07 Å². The molecule has 0 saturated carbocycles. The molecule has 0 heterocycles. The first-order chi connectivity index (χ1) is 9.36. The van der Waals surface area contributed by atoms with Crippen LogP contribution in [-0.2, 0) is 6.54 Å². The Balaban J connectivity index is 2.02. The summed E-state index contributed by atoms with van der Waals surface area (Å²) in [6.07, 6.45) is 0. The highest BCUT2D eigenvalue weighted by Crippen LogP contribution is 2.15. The van der Waals surface area contributed by atoms with Crippen LogP contribution in [0.3, 0.4) is 0 Å². The van der Waals surface area contributed by atoms with Crippen molar-refractivity contribution in [3.05, 3.63) is 59.2 Å². The van der Waals surface area contributed by atoms with Crippen molar-refractivity contribution in [2.24, 2.45) is 0 Å². The summed E-state index contributed by atoms with van der Waals surface area (Å²) < 4.78 is 0. The minimum absolute atomic E-state index is 0.883. The van der Waals surface area contributed by atoms with E-state index in [9.17, 15) is 0 Å². The number of hydrogen-bond acceptors (Lipinski definition) is 1. The molecule has 2 aromatic carbocycles. The Bertz CT molecular complexity index is 579. The summed E-state index contributed by atoms with van der Waals surface area (Å²) in [6, 6.07) is 15.6. The summed E-state index contributed by atoms with van der Waals surface area (Å²) in [4.78, 5) is 0. The Hall–Kier alpha value is -1.54. The zero-order valence-corrected chi connectivity index (χ0v) is 14.2. The van der Waals surface area contributed by atoms with Gasteiger partial charge in [0, 0.05) is 12.2 Å². The molecular weight excluding hydrogens is 258 g/mol. The molecule has 0 amide bonds. The zero-order valence-electron chi connectivity index (χ0n) is 13.2. The summed E-state index contributed by atoms with van der Waals surface area (Å²) in [6.45, 7) is 12.3. The quantitative estimate of drug-likeness (QED) is 0.817. The van der Waals surface area contributed by atoms with Crippen LogP contribution >= 0.6 is 0 Å². The van der Waals surface area contributed by atoms with E-state index in [1.807, 2.05) is 0 Å². The zero-order chi connectivity index (χ0) is 14.8. The molecule has 0 aliphatic heterocycles. The van der Waals surface area contributed by atoms with Gasteiger partial charge in [0.05, 0.1) is 8.07 Å². The summed E-state index contributed by atoms with van der Waals surface area (Å²) in [7, 11) is -1.18. The SMILES string of the molecule is Cc1ccc(NCc2ccc([Si](C)(C)C)cc2)cc1C. The van der Waals surface area contributed by atoms with Gasteiger partial charge in [0.15, 0.2) is 0 Å². The maximum atomic E-state index is 3.50. The molecule has 0 saturated heterocycles. The third kappa shape index (κ3) is 3.73. The van der Waals surface area contributed by atoms with Gasteiger partial charge in [-0.2, -0.15) is 0 Å². The van der Waals surface area contributed by atoms with Gasteiger partial charge in [-0.3, -0.25) is 0 Å². The molecule has 0 radical (unpaired) electrons. The molecule has 20 heavy (non-hydrogen) atoms. The molecule has 0 bridgehead atoms. The lowest BCUT2D eigenvalue weighted by Crippen LogP contribution is -2.37. The van der Waals surface area contributed by atoms with Crippen molar-refractivity contribution in [3.63, 3.8) is 0 Å². The first kappa shape index (κ1) is 14.9. The standard InChI is InChI=1S/C18H25NSi/c1-14-6-9-17(12-15(14)2)19-13-16-7-10-18(11-8-16)20(3,4)5/h6-12,19H,13H2,1-5H3. The van der Waals surface area contributed by atoms with Crippen LogP contribution < -0.4 is 10.5 Å². The van der Waals surface area contributed by atoms with Gasteiger partial charge in [-0.1, -0.05) is 55.2 Å².